The zero-order valence-corrected chi connectivity index (χ0v) is 11.1. The number of hydrogen-bond donors (Lipinski definition) is 1. The largest absolute Gasteiger partial charge is 0.303 e. The van der Waals surface area contributed by atoms with Gasteiger partial charge in [0.15, 0.2) is 0 Å². The van der Waals surface area contributed by atoms with Crippen LogP contribution in [-0.2, 0) is 0 Å². The first-order valence-electron chi connectivity index (χ1n) is 6.48. The minimum Gasteiger partial charge on any atom is -0.303 e. The molecule has 0 unspecified atom stereocenters. The van der Waals surface area contributed by atoms with Crippen molar-refractivity contribution in [1.29, 1.82) is 0 Å². The number of rotatable bonds is 4. The maximum atomic E-state index is 4.49. The number of likely N-dealkylation sites (tertiary alicyclic amines) is 1. The lowest BCUT2D eigenvalue weighted by Gasteiger charge is -2.35. The number of thiol groups is 1. The van der Waals surface area contributed by atoms with Gasteiger partial charge in [-0.1, -0.05) is 13.8 Å². The van der Waals surface area contributed by atoms with Crippen LogP contribution in [0.5, 0.6) is 0 Å². The third-order valence-corrected chi connectivity index (χ3v) is 5.10. The molecule has 0 amide bonds. The molecule has 1 aliphatic heterocycles. The summed E-state index contributed by atoms with van der Waals surface area (Å²) in [7, 11) is 0. The summed E-state index contributed by atoms with van der Waals surface area (Å²) in [5, 5.41) is 0. The van der Waals surface area contributed by atoms with Crippen molar-refractivity contribution >= 4 is 12.6 Å². The molecule has 2 fully saturated rings. The van der Waals surface area contributed by atoms with Crippen LogP contribution in [0.1, 0.15) is 39.5 Å². The van der Waals surface area contributed by atoms with Gasteiger partial charge in [0, 0.05) is 6.54 Å². The second-order valence-electron chi connectivity index (χ2n) is 6.02. The van der Waals surface area contributed by atoms with Gasteiger partial charge in [-0.05, 0) is 61.8 Å². The van der Waals surface area contributed by atoms with Gasteiger partial charge in [-0.15, -0.1) is 0 Å². The predicted molar refractivity (Wildman–Crippen MR) is 69.5 cm³/mol. The fraction of sp³-hybridized carbons (Fsp3) is 1.00. The van der Waals surface area contributed by atoms with Crippen molar-refractivity contribution in [2.24, 2.45) is 17.3 Å². The smallest absolute Gasteiger partial charge is 0.00458 e. The molecule has 0 atom stereocenters. The molecule has 0 aromatic carbocycles. The molecule has 0 N–H and O–H groups in total. The summed E-state index contributed by atoms with van der Waals surface area (Å²) >= 11 is 4.49. The fourth-order valence-electron chi connectivity index (χ4n) is 2.80. The Morgan fingerprint density at radius 3 is 2.27 bits per heavy atom. The van der Waals surface area contributed by atoms with Crippen LogP contribution < -0.4 is 0 Å². The van der Waals surface area contributed by atoms with Gasteiger partial charge in [0.25, 0.3) is 0 Å². The lowest BCUT2D eigenvalue weighted by molar-refractivity contribution is 0.138. The van der Waals surface area contributed by atoms with E-state index in [0.717, 1.165) is 17.6 Å². The Morgan fingerprint density at radius 2 is 1.87 bits per heavy atom. The lowest BCUT2D eigenvalue weighted by atomic mass is 9.86. The molecule has 2 heteroatoms. The highest BCUT2D eigenvalue weighted by Crippen LogP contribution is 2.47. The first-order valence-corrected chi connectivity index (χ1v) is 7.12. The van der Waals surface area contributed by atoms with Crippen LogP contribution >= 0.6 is 12.6 Å². The molecule has 1 saturated heterocycles. The minimum absolute atomic E-state index is 0.619. The van der Waals surface area contributed by atoms with Crippen molar-refractivity contribution in [2.45, 2.75) is 39.5 Å². The Balaban J connectivity index is 1.74. The molecular formula is C13H25NS. The van der Waals surface area contributed by atoms with Crippen LogP contribution in [0.2, 0.25) is 0 Å². The molecule has 88 valence electrons. The third-order valence-electron chi connectivity index (χ3n) is 4.43. The fourth-order valence-corrected chi connectivity index (χ4v) is 3.21. The molecule has 0 aromatic heterocycles. The highest BCUT2D eigenvalue weighted by atomic mass is 32.1. The minimum atomic E-state index is 0.619. The summed E-state index contributed by atoms with van der Waals surface area (Å²) in [4.78, 5) is 2.68. The van der Waals surface area contributed by atoms with E-state index in [1.807, 2.05) is 0 Å². The molecule has 0 aromatic rings. The molecular weight excluding hydrogens is 202 g/mol. The standard InChI is InChI=1S/C13H25NS/c1-11(2)12-3-7-14(8-4-12)9-13(10-15)5-6-13/h11-12,15H,3-10H2,1-2H3. The highest BCUT2D eigenvalue weighted by Gasteiger charge is 2.42. The molecule has 1 heterocycles. The van der Waals surface area contributed by atoms with Gasteiger partial charge in [-0.2, -0.15) is 12.6 Å². The average Bonchev–Trinajstić information content (AvgIpc) is 2.99. The molecule has 15 heavy (non-hydrogen) atoms. The Hall–Kier alpha value is 0.310. The number of nitrogens with zero attached hydrogens (tertiary/aromatic N) is 1. The monoisotopic (exact) mass is 227 g/mol. The Bertz CT molecular complexity index is 203. The summed E-state index contributed by atoms with van der Waals surface area (Å²) in [6.07, 6.45) is 5.67. The van der Waals surface area contributed by atoms with E-state index in [4.69, 9.17) is 0 Å². The highest BCUT2D eigenvalue weighted by molar-refractivity contribution is 7.80. The van der Waals surface area contributed by atoms with E-state index in [0.29, 0.717) is 5.41 Å². The van der Waals surface area contributed by atoms with E-state index >= 15 is 0 Å². The first kappa shape index (κ1) is 11.8. The lowest BCUT2D eigenvalue weighted by Crippen LogP contribution is -2.39. The summed E-state index contributed by atoms with van der Waals surface area (Å²) in [6.45, 7) is 8.73. The van der Waals surface area contributed by atoms with Crippen molar-refractivity contribution in [2.75, 3.05) is 25.4 Å². The zero-order valence-electron chi connectivity index (χ0n) is 10.2. The second kappa shape index (κ2) is 4.67. The molecule has 2 aliphatic rings. The summed E-state index contributed by atoms with van der Waals surface area (Å²) in [5.74, 6) is 2.95. The van der Waals surface area contributed by atoms with E-state index in [9.17, 15) is 0 Å². The first-order chi connectivity index (χ1) is 7.15. The van der Waals surface area contributed by atoms with Crippen molar-refractivity contribution in [3.63, 3.8) is 0 Å². The zero-order chi connectivity index (χ0) is 10.9. The predicted octanol–water partition coefficient (Wildman–Crippen LogP) is 3.06. The maximum absolute atomic E-state index is 4.49. The van der Waals surface area contributed by atoms with Gasteiger partial charge in [-0.3, -0.25) is 0 Å². The van der Waals surface area contributed by atoms with Crippen molar-refractivity contribution in [3.8, 4) is 0 Å². The number of hydrogen-bond acceptors (Lipinski definition) is 2. The van der Waals surface area contributed by atoms with Crippen LogP contribution in [-0.4, -0.2) is 30.3 Å². The molecule has 1 saturated carbocycles. The Labute approximate surface area is 100 Å². The summed E-state index contributed by atoms with van der Waals surface area (Å²) in [6, 6.07) is 0. The van der Waals surface area contributed by atoms with Gasteiger partial charge in [-0.25, -0.2) is 0 Å². The Kier molecular flexibility index (Phi) is 3.67. The molecule has 1 aliphatic carbocycles. The van der Waals surface area contributed by atoms with Crippen LogP contribution in [0, 0.1) is 17.3 Å². The van der Waals surface area contributed by atoms with Gasteiger partial charge in [0.1, 0.15) is 0 Å². The van der Waals surface area contributed by atoms with Crippen molar-refractivity contribution < 1.29 is 0 Å². The van der Waals surface area contributed by atoms with Crippen molar-refractivity contribution in [3.05, 3.63) is 0 Å². The molecule has 0 bridgehead atoms. The average molecular weight is 227 g/mol. The molecule has 0 spiro atoms. The van der Waals surface area contributed by atoms with E-state index in [2.05, 4.69) is 31.4 Å². The van der Waals surface area contributed by atoms with Crippen molar-refractivity contribution in [1.82, 2.24) is 4.90 Å². The van der Waals surface area contributed by atoms with Crippen LogP contribution in [0.3, 0.4) is 0 Å². The summed E-state index contributed by atoms with van der Waals surface area (Å²) in [5.41, 5.74) is 0.619. The SMILES string of the molecule is CC(C)C1CCN(CC2(CS)CC2)CC1. The van der Waals surface area contributed by atoms with Crippen LogP contribution in [0.25, 0.3) is 0 Å². The molecule has 1 nitrogen and oxygen atoms in total. The van der Waals surface area contributed by atoms with E-state index in [1.165, 1.54) is 45.3 Å². The molecule has 2 rings (SSSR count). The van der Waals surface area contributed by atoms with E-state index in [-0.39, 0.29) is 0 Å². The normalized spacial score (nSPS) is 27.2. The van der Waals surface area contributed by atoms with E-state index < -0.39 is 0 Å². The third kappa shape index (κ3) is 2.91. The number of piperidine rings is 1. The van der Waals surface area contributed by atoms with Gasteiger partial charge >= 0.3 is 0 Å². The quantitative estimate of drug-likeness (QED) is 0.723. The maximum Gasteiger partial charge on any atom is 0.00458 e. The van der Waals surface area contributed by atoms with Gasteiger partial charge < -0.3 is 4.90 Å². The summed E-state index contributed by atoms with van der Waals surface area (Å²) < 4.78 is 0. The van der Waals surface area contributed by atoms with E-state index in [1.54, 1.807) is 0 Å². The second-order valence-corrected chi connectivity index (χ2v) is 6.33. The Morgan fingerprint density at radius 1 is 1.27 bits per heavy atom. The van der Waals surface area contributed by atoms with Gasteiger partial charge in [0.05, 0.1) is 0 Å². The van der Waals surface area contributed by atoms with Crippen LogP contribution in [0.15, 0.2) is 0 Å². The van der Waals surface area contributed by atoms with Crippen LogP contribution in [0.4, 0.5) is 0 Å². The van der Waals surface area contributed by atoms with Gasteiger partial charge in [0.2, 0.25) is 0 Å². The molecule has 0 radical (unpaired) electrons. The topological polar surface area (TPSA) is 3.24 Å².